The Labute approximate surface area is 157 Å². The topological polar surface area (TPSA) is 49.0 Å². The van der Waals surface area contributed by atoms with Gasteiger partial charge in [-0.25, -0.2) is 0 Å². The van der Waals surface area contributed by atoms with E-state index in [0.29, 0.717) is 5.17 Å². The molecule has 134 valence electrons. The Morgan fingerprint density at radius 2 is 1.77 bits per heavy atom. The number of rotatable bonds is 3. The van der Waals surface area contributed by atoms with E-state index in [0.717, 1.165) is 22.8 Å². The van der Waals surface area contributed by atoms with Crippen LogP contribution in [-0.4, -0.2) is 37.6 Å². The number of thiocarbonyl (C=S) groups is 1. The van der Waals surface area contributed by atoms with E-state index in [1.54, 1.807) is 14.2 Å². The third kappa shape index (κ3) is 2.11. The summed E-state index contributed by atoms with van der Waals surface area (Å²) in [5, 5.41) is 3.81. The number of hydrogen-bond donors (Lipinski definition) is 1. The van der Waals surface area contributed by atoms with E-state index in [2.05, 4.69) is 29.6 Å². The van der Waals surface area contributed by atoms with E-state index in [1.807, 2.05) is 18.2 Å². The maximum atomic E-state index is 6.43. The molecule has 5 rings (SSSR count). The van der Waals surface area contributed by atoms with Gasteiger partial charge in [0, 0.05) is 23.6 Å². The minimum atomic E-state index is -0.0822. The summed E-state index contributed by atoms with van der Waals surface area (Å²) in [6.45, 7) is 0. The van der Waals surface area contributed by atoms with Crippen molar-refractivity contribution in [3.8, 4) is 17.2 Å². The van der Waals surface area contributed by atoms with Crippen molar-refractivity contribution in [2.75, 3.05) is 14.2 Å². The summed E-state index contributed by atoms with van der Waals surface area (Å²) >= 11 is 5.31. The van der Waals surface area contributed by atoms with E-state index < -0.39 is 0 Å². The zero-order valence-electron chi connectivity index (χ0n) is 14.5. The molecule has 0 bridgehead atoms. The quantitative estimate of drug-likeness (QED) is 0.840. The molecule has 2 aliphatic heterocycles. The first-order valence-corrected chi connectivity index (χ1v) is 9.06. The molecule has 0 aromatic heterocycles. The van der Waals surface area contributed by atoms with Gasteiger partial charge in [-0.3, -0.25) is 0 Å². The predicted molar refractivity (Wildman–Crippen MR) is 100 cm³/mol. The lowest BCUT2D eigenvalue weighted by Gasteiger charge is -2.23. The van der Waals surface area contributed by atoms with E-state index in [-0.39, 0.29) is 30.1 Å². The van der Waals surface area contributed by atoms with Crippen LogP contribution in [0.4, 0.5) is 0 Å². The van der Waals surface area contributed by atoms with Crippen LogP contribution in [0.1, 0.15) is 23.0 Å². The Morgan fingerprint density at radius 1 is 0.962 bits per heavy atom. The van der Waals surface area contributed by atoms with Crippen LogP contribution < -0.4 is 19.5 Å². The fraction of sp³-hybridized carbons (Fsp3) is 0.350. The van der Waals surface area contributed by atoms with Crippen LogP contribution in [0, 0.1) is 0 Å². The second kappa shape index (κ2) is 5.77. The van der Waals surface area contributed by atoms with Gasteiger partial charge in [0.25, 0.3) is 5.17 Å². The highest BCUT2D eigenvalue weighted by Crippen LogP contribution is 2.58. The van der Waals surface area contributed by atoms with Gasteiger partial charge in [-0.1, -0.05) is 30.3 Å². The number of hydrogen-bond acceptors (Lipinski definition) is 5. The molecule has 1 aliphatic carbocycles. The van der Waals surface area contributed by atoms with E-state index in [4.69, 9.17) is 31.2 Å². The lowest BCUT2D eigenvalue weighted by molar-refractivity contribution is 0.162. The fourth-order valence-corrected chi connectivity index (χ4v) is 4.89. The molecule has 6 heteroatoms. The number of methoxy groups -OCH3 is 2. The second-order valence-corrected chi connectivity index (χ2v) is 7.20. The maximum absolute atomic E-state index is 6.43. The van der Waals surface area contributed by atoms with Crippen molar-refractivity contribution in [2.45, 2.75) is 30.1 Å². The van der Waals surface area contributed by atoms with Gasteiger partial charge < -0.3 is 24.3 Å². The minimum absolute atomic E-state index is 0.0426. The van der Waals surface area contributed by atoms with Crippen molar-refractivity contribution in [1.82, 2.24) is 5.32 Å². The summed E-state index contributed by atoms with van der Waals surface area (Å²) in [4.78, 5) is 0. The van der Waals surface area contributed by atoms with Crippen LogP contribution in [0.25, 0.3) is 0 Å². The number of ether oxygens (including phenoxy) is 4. The van der Waals surface area contributed by atoms with Crippen LogP contribution in [0.15, 0.2) is 42.5 Å². The van der Waals surface area contributed by atoms with Gasteiger partial charge in [-0.05, 0) is 17.8 Å². The average molecular weight is 369 g/mol. The molecule has 1 saturated heterocycles. The molecule has 3 aliphatic rings. The molecule has 5 atom stereocenters. The minimum Gasteiger partial charge on any atom is -0.496 e. The lowest BCUT2D eigenvalue weighted by Crippen LogP contribution is -2.35. The van der Waals surface area contributed by atoms with Crippen molar-refractivity contribution in [2.24, 2.45) is 0 Å². The monoisotopic (exact) mass is 369 g/mol. The lowest BCUT2D eigenvalue weighted by atomic mass is 9.90. The smallest absolute Gasteiger partial charge is 0.257 e. The molecule has 1 N–H and O–H groups in total. The molecule has 0 amide bonds. The van der Waals surface area contributed by atoms with Crippen molar-refractivity contribution in [3.05, 3.63) is 53.6 Å². The molecule has 1 saturated carbocycles. The van der Waals surface area contributed by atoms with E-state index >= 15 is 0 Å². The highest BCUT2D eigenvalue weighted by atomic mass is 32.1. The van der Waals surface area contributed by atoms with Gasteiger partial charge in [-0.15, -0.1) is 0 Å². The molecule has 0 radical (unpaired) electrons. The molecular formula is C20H19NO4S. The van der Waals surface area contributed by atoms with Gasteiger partial charge in [-0.2, -0.15) is 0 Å². The van der Waals surface area contributed by atoms with Crippen LogP contribution in [0.2, 0.25) is 0 Å². The molecule has 2 fully saturated rings. The Kier molecular flexibility index (Phi) is 3.50. The summed E-state index contributed by atoms with van der Waals surface area (Å²) in [5.41, 5.74) is 2.26. The van der Waals surface area contributed by atoms with Gasteiger partial charge in [0.05, 0.1) is 26.2 Å². The molecular weight excluding hydrogens is 350 g/mol. The molecule has 2 heterocycles. The summed E-state index contributed by atoms with van der Waals surface area (Å²) in [5.74, 6) is 2.47. The first-order valence-electron chi connectivity index (χ1n) is 8.66. The average Bonchev–Trinajstić information content (AvgIpc) is 3.29. The summed E-state index contributed by atoms with van der Waals surface area (Å²) in [7, 11) is 3.31. The van der Waals surface area contributed by atoms with Gasteiger partial charge in [0.2, 0.25) is 0 Å². The number of benzene rings is 2. The van der Waals surface area contributed by atoms with Gasteiger partial charge in [0.15, 0.2) is 0 Å². The highest BCUT2D eigenvalue weighted by molar-refractivity contribution is 7.80. The highest BCUT2D eigenvalue weighted by Gasteiger charge is 2.61. The Hall–Kier alpha value is -2.47. The molecule has 4 unspecified atom stereocenters. The van der Waals surface area contributed by atoms with Crippen LogP contribution in [-0.2, 0) is 4.74 Å². The predicted octanol–water partition coefficient (Wildman–Crippen LogP) is 2.99. The number of nitrogens with one attached hydrogen (secondary N) is 1. The van der Waals surface area contributed by atoms with Crippen LogP contribution >= 0.6 is 12.2 Å². The SMILES string of the molecule is COc1cc(OC)c2c(c1)OC1C2C2OC(=S)NC2[C@H]1c1ccccc1. The standard InChI is InChI=1S/C20H19NO4S/c1-22-11-8-12(23-2)15-13(9-11)24-18-14(10-6-4-3-5-7-10)17-19(16(15)18)25-20(26)21-17/h3-9,14,16-19H,1-2H3,(H,21,26)/t14-,16?,17?,18?,19?/m1/s1. The van der Waals surface area contributed by atoms with E-state index in [1.165, 1.54) is 5.56 Å². The van der Waals surface area contributed by atoms with Crippen molar-refractivity contribution in [3.63, 3.8) is 0 Å². The molecule has 5 nitrogen and oxygen atoms in total. The Balaban J connectivity index is 1.64. The first kappa shape index (κ1) is 15.8. The van der Waals surface area contributed by atoms with Crippen molar-refractivity contribution < 1.29 is 18.9 Å². The summed E-state index contributed by atoms with van der Waals surface area (Å²) in [6, 6.07) is 14.3. The third-order valence-electron chi connectivity index (χ3n) is 5.64. The van der Waals surface area contributed by atoms with Crippen LogP contribution in [0.5, 0.6) is 17.2 Å². The van der Waals surface area contributed by atoms with Gasteiger partial charge in [0.1, 0.15) is 29.5 Å². The molecule has 2 aromatic carbocycles. The third-order valence-corrected chi connectivity index (χ3v) is 5.86. The fourth-order valence-electron chi connectivity index (χ4n) is 4.64. The van der Waals surface area contributed by atoms with Crippen molar-refractivity contribution in [1.29, 1.82) is 0 Å². The largest absolute Gasteiger partial charge is 0.496 e. The van der Waals surface area contributed by atoms with Crippen LogP contribution in [0.3, 0.4) is 0 Å². The number of fused-ring (bicyclic) bond motifs is 5. The zero-order valence-corrected chi connectivity index (χ0v) is 15.3. The molecule has 26 heavy (non-hydrogen) atoms. The van der Waals surface area contributed by atoms with Gasteiger partial charge >= 0.3 is 0 Å². The van der Waals surface area contributed by atoms with Crippen molar-refractivity contribution >= 4 is 17.4 Å². The molecule has 2 aromatic rings. The summed E-state index contributed by atoms with van der Waals surface area (Å²) in [6.07, 6.45) is -0.125. The zero-order chi connectivity index (χ0) is 17.8. The first-order chi connectivity index (χ1) is 12.7. The molecule has 0 spiro atoms. The normalized spacial score (nSPS) is 30.5. The maximum Gasteiger partial charge on any atom is 0.257 e. The van der Waals surface area contributed by atoms with E-state index in [9.17, 15) is 0 Å². The summed E-state index contributed by atoms with van der Waals surface area (Å²) < 4.78 is 23.5. The second-order valence-electron chi connectivity index (χ2n) is 6.83. The Morgan fingerprint density at radius 3 is 2.50 bits per heavy atom. The Bertz CT molecular complexity index is 872.